The van der Waals surface area contributed by atoms with Crippen molar-refractivity contribution in [3.8, 4) is 5.75 Å². The maximum Gasteiger partial charge on any atom is 0.410 e. The Balaban J connectivity index is 1.51. The highest BCUT2D eigenvalue weighted by atomic mass is 16.6. The zero-order valence-corrected chi connectivity index (χ0v) is 17.4. The number of benzene rings is 1. The van der Waals surface area contributed by atoms with Crippen LogP contribution in [0, 0.1) is 13.8 Å². The maximum absolute atomic E-state index is 12.2. The van der Waals surface area contributed by atoms with Crippen LogP contribution >= 0.6 is 0 Å². The molecule has 1 aromatic heterocycles. The van der Waals surface area contributed by atoms with E-state index in [4.69, 9.17) is 14.0 Å². The minimum Gasteiger partial charge on any atom is -0.489 e. The molecule has 2 aromatic rings. The van der Waals surface area contributed by atoms with E-state index in [9.17, 15) is 4.79 Å². The van der Waals surface area contributed by atoms with Gasteiger partial charge in [0.1, 0.15) is 23.7 Å². The van der Waals surface area contributed by atoms with E-state index in [0.717, 1.165) is 48.7 Å². The summed E-state index contributed by atoms with van der Waals surface area (Å²) in [7, 11) is 0. The number of aryl methyl sites for hydroxylation is 2. The van der Waals surface area contributed by atoms with Crippen LogP contribution in [0.25, 0.3) is 0 Å². The molecule has 152 valence electrons. The average molecular weight is 386 g/mol. The van der Waals surface area contributed by atoms with Crippen LogP contribution in [-0.2, 0) is 11.3 Å². The van der Waals surface area contributed by atoms with E-state index in [1.54, 1.807) is 0 Å². The second kappa shape index (κ2) is 8.25. The third-order valence-corrected chi connectivity index (χ3v) is 5.06. The molecule has 0 atom stereocenters. The van der Waals surface area contributed by atoms with E-state index in [0.29, 0.717) is 12.5 Å². The summed E-state index contributed by atoms with van der Waals surface area (Å²) in [5.41, 5.74) is 2.70. The van der Waals surface area contributed by atoms with E-state index in [-0.39, 0.29) is 6.09 Å². The maximum atomic E-state index is 12.2. The van der Waals surface area contributed by atoms with Gasteiger partial charge in [-0.2, -0.15) is 0 Å². The molecule has 1 fully saturated rings. The fourth-order valence-corrected chi connectivity index (χ4v) is 3.42. The lowest BCUT2D eigenvalue weighted by molar-refractivity contribution is 0.0205. The molecule has 6 nitrogen and oxygen atoms in total. The predicted octanol–water partition coefficient (Wildman–Crippen LogP) is 4.98. The van der Waals surface area contributed by atoms with Gasteiger partial charge in [0.2, 0.25) is 0 Å². The van der Waals surface area contributed by atoms with E-state index < -0.39 is 5.60 Å². The third-order valence-electron chi connectivity index (χ3n) is 5.06. The van der Waals surface area contributed by atoms with E-state index in [1.807, 2.05) is 51.7 Å². The van der Waals surface area contributed by atoms with Gasteiger partial charge in [0.05, 0.1) is 11.3 Å². The van der Waals surface area contributed by atoms with E-state index in [1.165, 1.54) is 5.56 Å². The number of likely N-dealkylation sites (tertiary alicyclic amines) is 1. The molecule has 2 heterocycles. The quantitative estimate of drug-likeness (QED) is 0.741. The molecule has 1 aliphatic rings. The summed E-state index contributed by atoms with van der Waals surface area (Å²) in [5, 5.41) is 3.95. The summed E-state index contributed by atoms with van der Waals surface area (Å²) in [6.07, 6.45) is 1.67. The zero-order chi connectivity index (χ0) is 20.3. The second-order valence-electron chi connectivity index (χ2n) is 8.40. The van der Waals surface area contributed by atoms with Crippen molar-refractivity contribution < 1.29 is 18.8 Å². The number of amides is 1. The number of aromatic nitrogens is 1. The number of nitrogens with zero attached hydrogens (tertiary/aromatic N) is 2. The average Bonchev–Trinajstić information content (AvgIpc) is 2.97. The molecule has 0 saturated carbocycles. The first-order chi connectivity index (χ1) is 13.2. The molecule has 1 amide bonds. The normalized spacial score (nSPS) is 15.5. The van der Waals surface area contributed by atoms with Gasteiger partial charge < -0.3 is 18.9 Å². The summed E-state index contributed by atoms with van der Waals surface area (Å²) in [6.45, 7) is 11.4. The topological polar surface area (TPSA) is 64.8 Å². The SMILES string of the molecule is Cc1noc(C)c1COc1ccc(C2CCN(C(=O)OC(C)(C)C)CC2)cc1. The Morgan fingerprint density at radius 3 is 2.36 bits per heavy atom. The van der Waals surface area contributed by atoms with Gasteiger partial charge in [-0.05, 0) is 71.1 Å². The van der Waals surface area contributed by atoms with Gasteiger partial charge in [-0.25, -0.2) is 4.79 Å². The highest BCUT2D eigenvalue weighted by Crippen LogP contribution is 2.30. The molecule has 1 aromatic carbocycles. The van der Waals surface area contributed by atoms with Gasteiger partial charge in [-0.15, -0.1) is 0 Å². The Hall–Kier alpha value is -2.50. The van der Waals surface area contributed by atoms with Crippen LogP contribution in [-0.4, -0.2) is 34.8 Å². The van der Waals surface area contributed by atoms with Crippen molar-refractivity contribution in [1.82, 2.24) is 10.1 Å². The number of ether oxygens (including phenoxy) is 2. The van der Waals surface area contributed by atoms with Crippen molar-refractivity contribution in [2.75, 3.05) is 13.1 Å². The Labute approximate surface area is 166 Å². The van der Waals surface area contributed by atoms with Crippen LogP contribution in [0.5, 0.6) is 5.75 Å². The second-order valence-corrected chi connectivity index (χ2v) is 8.40. The first kappa shape index (κ1) is 20.2. The predicted molar refractivity (Wildman–Crippen MR) is 107 cm³/mol. The first-order valence-electron chi connectivity index (χ1n) is 9.85. The highest BCUT2D eigenvalue weighted by Gasteiger charge is 2.27. The smallest absolute Gasteiger partial charge is 0.410 e. The Morgan fingerprint density at radius 2 is 1.82 bits per heavy atom. The van der Waals surface area contributed by atoms with Crippen molar-refractivity contribution in [2.24, 2.45) is 0 Å². The van der Waals surface area contributed by atoms with Gasteiger partial charge >= 0.3 is 6.09 Å². The molecule has 6 heteroatoms. The summed E-state index contributed by atoms with van der Waals surface area (Å²) in [6, 6.07) is 8.26. The molecular weight excluding hydrogens is 356 g/mol. The van der Waals surface area contributed by atoms with Gasteiger partial charge in [-0.1, -0.05) is 17.3 Å². The highest BCUT2D eigenvalue weighted by molar-refractivity contribution is 5.68. The Morgan fingerprint density at radius 1 is 1.18 bits per heavy atom. The first-order valence-corrected chi connectivity index (χ1v) is 9.85. The molecule has 0 radical (unpaired) electrons. The molecule has 1 saturated heterocycles. The number of rotatable bonds is 4. The molecule has 3 rings (SSSR count). The standard InChI is InChI=1S/C22H30N2O4/c1-15-20(16(2)28-23-15)14-26-19-8-6-17(7-9-19)18-10-12-24(13-11-18)21(25)27-22(3,4)5/h6-9,18H,10-14H2,1-5H3. The number of carbonyl (C=O) groups is 1. The number of carbonyl (C=O) groups excluding carboxylic acids is 1. The molecule has 0 bridgehead atoms. The van der Waals surface area contributed by atoms with E-state index >= 15 is 0 Å². The van der Waals surface area contributed by atoms with Crippen LogP contribution in [0.1, 0.15) is 62.1 Å². The Bertz CT molecular complexity index is 777. The minimum absolute atomic E-state index is 0.214. The molecule has 0 N–H and O–H groups in total. The molecular formula is C22H30N2O4. The minimum atomic E-state index is -0.451. The fourth-order valence-electron chi connectivity index (χ4n) is 3.42. The molecule has 1 aliphatic heterocycles. The van der Waals surface area contributed by atoms with Crippen LogP contribution in [0.4, 0.5) is 4.79 Å². The van der Waals surface area contributed by atoms with E-state index in [2.05, 4.69) is 17.3 Å². The largest absolute Gasteiger partial charge is 0.489 e. The lowest BCUT2D eigenvalue weighted by Gasteiger charge is -2.33. The molecule has 28 heavy (non-hydrogen) atoms. The van der Waals surface area contributed by atoms with Crippen LogP contribution < -0.4 is 4.74 Å². The zero-order valence-electron chi connectivity index (χ0n) is 17.4. The van der Waals surface area contributed by atoms with Crippen LogP contribution in [0.2, 0.25) is 0 Å². The van der Waals surface area contributed by atoms with Crippen LogP contribution in [0.15, 0.2) is 28.8 Å². The Kier molecular flexibility index (Phi) is 5.96. The summed E-state index contributed by atoms with van der Waals surface area (Å²) in [4.78, 5) is 14.0. The molecule has 0 spiro atoms. The number of hydrogen-bond donors (Lipinski definition) is 0. The molecule has 0 unspecified atom stereocenters. The molecule has 0 aliphatic carbocycles. The van der Waals surface area contributed by atoms with Gasteiger partial charge in [0.15, 0.2) is 0 Å². The van der Waals surface area contributed by atoms with Crippen molar-refractivity contribution in [2.45, 2.75) is 65.6 Å². The number of piperidine rings is 1. The monoisotopic (exact) mass is 386 g/mol. The van der Waals surface area contributed by atoms with Crippen molar-refractivity contribution in [1.29, 1.82) is 0 Å². The lowest BCUT2D eigenvalue weighted by Crippen LogP contribution is -2.41. The summed E-state index contributed by atoms with van der Waals surface area (Å²) >= 11 is 0. The van der Waals surface area contributed by atoms with Gasteiger partial charge in [0.25, 0.3) is 0 Å². The summed E-state index contributed by atoms with van der Waals surface area (Å²) in [5.74, 6) is 2.08. The van der Waals surface area contributed by atoms with Crippen molar-refractivity contribution in [3.63, 3.8) is 0 Å². The summed E-state index contributed by atoms with van der Waals surface area (Å²) < 4.78 is 16.5. The van der Waals surface area contributed by atoms with Gasteiger partial charge in [-0.3, -0.25) is 0 Å². The van der Waals surface area contributed by atoms with Crippen molar-refractivity contribution >= 4 is 6.09 Å². The van der Waals surface area contributed by atoms with Crippen molar-refractivity contribution in [3.05, 3.63) is 46.8 Å². The van der Waals surface area contributed by atoms with Gasteiger partial charge in [0, 0.05) is 13.1 Å². The number of hydrogen-bond acceptors (Lipinski definition) is 5. The lowest BCUT2D eigenvalue weighted by atomic mass is 9.89. The fraction of sp³-hybridized carbons (Fsp3) is 0.545. The third kappa shape index (κ3) is 5.06. The van der Waals surface area contributed by atoms with Crippen LogP contribution in [0.3, 0.4) is 0 Å².